The number of aliphatic hydroxyl groups is 1. The number of ketones is 1. The van der Waals surface area contributed by atoms with Gasteiger partial charge >= 0.3 is 5.97 Å². The lowest BCUT2D eigenvalue weighted by atomic mass is 9.85. The van der Waals surface area contributed by atoms with Crippen molar-refractivity contribution in [1.82, 2.24) is 4.90 Å². The van der Waals surface area contributed by atoms with Crippen molar-refractivity contribution in [3.05, 3.63) is 105 Å². The molecule has 1 fully saturated rings. The fraction of sp³-hybridized carbons (Fsp3) is 0.281. The number of ether oxygens (including phenoxy) is 1. The summed E-state index contributed by atoms with van der Waals surface area (Å²) in [6.45, 7) is 10.0. The highest BCUT2D eigenvalue weighted by molar-refractivity contribution is 6.46. The topological polar surface area (TPSA) is 104 Å². The molecule has 0 saturated carbocycles. The van der Waals surface area contributed by atoms with Gasteiger partial charge in [0.15, 0.2) is 0 Å². The van der Waals surface area contributed by atoms with Crippen LogP contribution in [0.1, 0.15) is 70.6 Å². The molecule has 1 amide bonds. The molecule has 1 aliphatic heterocycles. The summed E-state index contributed by atoms with van der Waals surface area (Å²) in [7, 11) is 1.57. The van der Waals surface area contributed by atoms with Gasteiger partial charge in [-0.2, -0.15) is 0 Å². The number of aryl methyl sites for hydroxylation is 2. The predicted molar refractivity (Wildman–Crippen MR) is 149 cm³/mol. The normalized spacial score (nSPS) is 17.0. The van der Waals surface area contributed by atoms with E-state index in [4.69, 9.17) is 4.74 Å². The zero-order valence-corrected chi connectivity index (χ0v) is 23.0. The van der Waals surface area contributed by atoms with Gasteiger partial charge < -0.3 is 19.8 Å². The Labute approximate surface area is 228 Å². The Bertz CT molecular complexity index is 1480. The summed E-state index contributed by atoms with van der Waals surface area (Å²) < 4.78 is 5.40. The number of carboxylic acid groups (broad SMARTS) is 1. The van der Waals surface area contributed by atoms with Gasteiger partial charge in [-0.05, 0) is 71.3 Å². The van der Waals surface area contributed by atoms with Crippen LogP contribution in [0.15, 0.2) is 66.2 Å². The molecule has 39 heavy (non-hydrogen) atoms. The SMILES string of the molecule is COc1cc(C)c(/C(O)=C2\C(=O)C(=O)N(Cc3ccc(C(=O)O)cc3)C2c2ccc(C(C)(C)C)cc2)cc1C. The minimum absolute atomic E-state index is 0.0123. The van der Waals surface area contributed by atoms with Crippen LogP contribution in [-0.4, -0.2) is 39.9 Å². The van der Waals surface area contributed by atoms with Crippen LogP contribution in [-0.2, 0) is 21.5 Å². The van der Waals surface area contributed by atoms with E-state index in [0.717, 1.165) is 11.1 Å². The molecule has 7 nitrogen and oxygen atoms in total. The molecular weight excluding hydrogens is 494 g/mol. The van der Waals surface area contributed by atoms with Crippen LogP contribution in [0.2, 0.25) is 0 Å². The number of hydrogen-bond acceptors (Lipinski definition) is 5. The number of likely N-dealkylation sites (tertiary alicyclic amines) is 1. The van der Waals surface area contributed by atoms with E-state index in [2.05, 4.69) is 20.8 Å². The first kappa shape index (κ1) is 27.6. The molecule has 0 aliphatic carbocycles. The third-order valence-electron chi connectivity index (χ3n) is 7.18. The van der Waals surface area contributed by atoms with E-state index in [-0.39, 0.29) is 28.9 Å². The van der Waals surface area contributed by atoms with Crippen LogP contribution in [0.25, 0.3) is 5.76 Å². The van der Waals surface area contributed by atoms with Crippen LogP contribution in [0, 0.1) is 13.8 Å². The number of aliphatic hydroxyl groups excluding tert-OH is 1. The van der Waals surface area contributed by atoms with Crippen molar-refractivity contribution in [2.75, 3.05) is 7.11 Å². The molecule has 1 aliphatic rings. The van der Waals surface area contributed by atoms with E-state index >= 15 is 0 Å². The monoisotopic (exact) mass is 527 g/mol. The molecule has 3 aromatic carbocycles. The van der Waals surface area contributed by atoms with Gasteiger partial charge in [0.25, 0.3) is 11.7 Å². The Balaban J connectivity index is 1.87. The molecule has 1 unspecified atom stereocenters. The van der Waals surface area contributed by atoms with E-state index in [1.54, 1.807) is 31.4 Å². The number of carbonyl (C=O) groups is 3. The third kappa shape index (κ3) is 5.30. The molecule has 1 saturated heterocycles. The highest BCUT2D eigenvalue weighted by Crippen LogP contribution is 2.42. The summed E-state index contributed by atoms with van der Waals surface area (Å²) in [5, 5.41) is 20.8. The van der Waals surface area contributed by atoms with Gasteiger partial charge in [-0.15, -0.1) is 0 Å². The molecule has 1 heterocycles. The van der Waals surface area contributed by atoms with E-state index in [0.29, 0.717) is 28.0 Å². The standard InChI is InChI=1S/C32H33NO6/c1-18-16-25(39-6)19(2)15-24(18)28(34)26-27(21-11-13-23(14-12-21)32(3,4)5)33(30(36)29(26)35)17-20-7-9-22(10-8-20)31(37)38/h7-16,27,34H,17H2,1-6H3,(H,37,38)/b28-26+. The largest absolute Gasteiger partial charge is 0.507 e. The predicted octanol–water partition coefficient (Wildman–Crippen LogP) is 5.93. The van der Waals surface area contributed by atoms with Crippen LogP contribution < -0.4 is 4.74 Å². The lowest BCUT2D eigenvalue weighted by Gasteiger charge is -2.27. The second-order valence-electron chi connectivity index (χ2n) is 10.9. The average molecular weight is 528 g/mol. The lowest BCUT2D eigenvalue weighted by Crippen LogP contribution is -2.29. The van der Waals surface area contributed by atoms with Crippen molar-refractivity contribution in [2.45, 2.75) is 52.6 Å². The van der Waals surface area contributed by atoms with E-state index in [1.165, 1.54) is 17.0 Å². The quantitative estimate of drug-likeness (QED) is 0.234. The minimum Gasteiger partial charge on any atom is -0.507 e. The summed E-state index contributed by atoms with van der Waals surface area (Å²) in [5.41, 5.74) is 4.42. The van der Waals surface area contributed by atoms with E-state index < -0.39 is 23.7 Å². The summed E-state index contributed by atoms with van der Waals surface area (Å²) in [6.07, 6.45) is 0. The highest BCUT2D eigenvalue weighted by atomic mass is 16.5. The number of aromatic carboxylic acids is 1. The molecule has 202 valence electrons. The number of Topliss-reactive ketones (excluding diaryl/α,β-unsaturated/α-hetero) is 1. The van der Waals surface area contributed by atoms with Gasteiger partial charge in [-0.25, -0.2) is 4.79 Å². The first-order valence-corrected chi connectivity index (χ1v) is 12.7. The molecule has 0 radical (unpaired) electrons. The summed E-state index contributed by atoms with van der Waals surface area (Å²) >= 11 is 0. The zero-order valence-electron chi connectivity index (χ0n) is 23.0. The number of methoxy groups -OCH3 is 1. The van der Waals surface area contributed by atoms with Gasteiger partial charge in [0.2, 0.25) is 0 Å². The van der Waals surface area contributed by atoms with Crippen molar-refractivity contribution in [3.63, 3.8) is 0 Å². The molecular formula is C32H33NO6. The molecule has 0 aromatic heterocycles. The average Bonchev–Trinajstić information content (AvgIpc) is 3.14. The number of amides is 1. The molecule has 3 aromatic rings. The first-order chi connectivity index (χ1) is 18.3. The van der Waals surface area contributed by atoms with Gasteiger partial charge in [0, 0.05) is 12.1 Å². The van der Waals surface area contributed by atoms with Crippen molar-refractivity contribution < 1.29 is 29.3 Å². The number of hydrogen-bond donors (Lipinski definition) is 2. The molecule has 1 atom stereocenters. The number of carbonyl (C=O) groups excluding carboxylic acids is 2. The van der Waals surface area contributed by atoms with Crippen molar-refractivity contribution >= 4 is 23.4 Å². The molecule has 7 heteroatoms. The Morgan fingerprint density at radius 1 is 0.923 bits per heavy atom. The number of nitrogens with zero attached hydrogens (tertiary/aromatic N) is 1. The fourth-order valence-corrected chi connectivity index (χ4v) is 4.91. The number of carboxylic acids is 1. The molecule has 0 bridgehead atoms. The van der Waals surface area contributed by atoms with Crippen LogP contribution >= 0.6 is 0 Å². The van der Waals surface area contributed by atoms with Crippen LogP contribution in [0.3, 0.4) is 0 Å². The van der Waals surface area contributed by atoms with E-state index in [1.807, 2.05) is 38.1 Å². The Morgan fingerprint density at radius 2 is 1.54 bits per heavy atom. The van der Waals surface area contributed by atoms with Crippen molar-refractivity contribution in [3.8, 4) is 5.75 Å². The smallest absolute Gasteiger partial charge is 0.335 e. The molecule has 4 rings (SSSR count). The Morgan fingerprint density at radius 3 is 2.08 bits per heavy atom. The Hall–Kier alpha value is -4.39. The fourth-order valence-electron chi connectivity index (χ4n) is 4.91. The highest BCUT2D eigenvalue weighted by Gasteiger charge is 2.46. The summed E-state index contributed by atoms with van der Waals surface area (Å²) in [6, 6.07) is 16.6. The lowest BCUT2D eigenvalue weighted by molar-refractivity contribution is -0.140. The van der Waals surface area contributed by atoms with E-state index in [9.17, 15) is 24.6 Å². The second kappa shape index (κ2) is 10.4. The third-order valence-corrected chi connectivity index (χ3v) is 7.18. The van der Waals surface area contributed by atoms with Gasteiger partial charge in [-0.3, -0.25) is 9.59 Å². The van der Waals surface area contributed by atoms with Crippen LogP contribution in [0.5, 0.6) is 5.75 Å². The number of rotatable bonds is 6. The summed E-state index contributed by atoms with van der Waals surface area (Å²) in [4.78, 5) is 39.6. The number of benzene rings is 3. The summed E-state index contributed by atoms with van der Waals surface area (Å²) in [5.74, 6) is -2.14. The second-order valence-corrected chi connectivity index (χ2v) is 10.9. The van der Waals surface area contributed by atoms with Gasteiger partial charge in [0.05, 0.1) is 24.3 Å². The Kier molecular flexibility index (Phi) is 7.37. The maximum absolute atomic E-state index is 13.5. The maximum Gasteiger partial charge on any atom is 0.335 e. The van der Waals surface area contributed by atoms with Crippen molar-refractivity contribution in [2.24, 2.45) is 0 Å². The van der Waals surface area contributed by atoms with Gasteiger partial charge in [-0.1, -0.05) is 57.2 Å². The maximum atomic E-state index is 13.5. The van der Waals surface area contributed by atoms with Gasteiger partial charge in [0.1, 0.15) is 11.5 Å². The van der Waals surface area contributed by atoms with Crippen molar-refractivity contribution in [1.29, 1.82) is 0 Å². The molecule has 0 spiro atoms. The molecule has 2 N–H and O–H groups in total. The van der Waals surface area contributed by atoms with Crippen LogP contribution in [0.4, 0.5) is 0 Å². The zero-order chi connectivity index (χ0) is 28.6. The first-order valence-electron chi connectivity index (χ1n) is 12.7. The minimum atomic E-state index is -1.05.